The number of aryl methyl sites for hydroxylation is 1. The molecule has 0 saturated carbocycles. The van der Waals surface area contributed by atoms with Crippen molar-refractivity contribution in [3.8, 4) is 0 Å². The molecule has 0 aliphatic heterocycles. The van der Waals surface area contributed by atoms with Crippen LogP contribution in [0.5, 0.6) is 0 Å². The number of furan rings is 1. The molecule has 0 saturated heterocycles. The van der Waals surface area contributed by atoms with Crippen molar-refractivity contribution >= 4 is 29.3 Å². The van der Waals surface area contributed by atoms with E-state index in [9.17, 15) is 9.18 Å². The van der Waals surface area contributed by atoms with Crippen molar-refractivity contribution in [2.24, 2.45) is 5.84 Å². The number of hydrogen-bond acceptors (Lipinski definition) is 4. The summed E-state index contributed by atoms with van der Waals surface area (Å²) in [7, 11) is 0. The van der Waals surface area contributed by atoms with Gasteiger partial charge in [-0.3, -0.25) is 10.2 Å². The maximum atomic E-state index is 13.0. The molecule has 1 amide bonds. The van der Waals surface area contributed by atoms with Crippen molar-refractivity contribution in [3.63, 3.8) is 0 Å². The largest absolute Gasteiger partial charge is 0.465 e. The van der Waals surface area contributed by atoms with Crippen LogP contribution in [-0.4, -0.2) is 5.91 Å². The summed E-state index contributed by atoms with van der Waals surface area (Å²) in [5.74, 6) is 5.87. The molecule has 4 nitrogen and oxygen atoms in total. The Labute approximate surface area is 124 Å². The topological polar surface area (TPSA) is 68.3 Å². The predicted molar refractivity (Wildman–Crippen MR) is 76.1 cm³/mol. The van der Waals surface area contributed by atoms with Crippen LogP contribution in [0.2, 0.25) is 5.02 Å². The van der Waals surface area contributed by atoms with E-state index in [1.807, 2.05) is 0 Å². The molecule has 2 aromatic rings. The van der Waals surface area contributed by atoms with E-state index >= 15 is 0 Å². The molecule has 7 heteroatoms. The highest BCUT2D eigenvalue weighted by atomic mass is 35.5. The van der Waals surface area contributed by atoms with Crippen molar-refractivity contribution in [3.05, 3.63) is 52.2 Å². The van der Waals surface area contributed by atoms with E-state index in [1.165, 1.54) is 17.8 Å². The van der Waals surface area contributed by atoms with Crippen molar-refractivity contribution in [1.29, 1.82) is 0 Å². The summed E-state index contributed by atoms with van der Waals surface area (Å²) in [6, 6.07) is 6.13. The van der Waals surface area contributed by atoms with E-state index in [2.05, 4.69) is 5.43 Å². The van der Waals surface area contributed by atoms with Crippen LogP contribution in [-0.2, 0) is 5.75 Å². The Morgan fingerprint density at radius 2 is 2.25 bits per heavy atom. The van der Waals surface area contributed by atoms with Crippen molar-refractivity contribution in [1.82, 2.24) is 5.43 Å². The maximum absolute atomic E-state index is 13.0. The third-order valence-electron chi connectivity index (χ3n) is 2.62. The lowest BCUT2D eigenvalue weighted by molar-refractivity contribution is 0.0952. The molecule has 0 aliphatic carbocycles. The van der Waals surface area contributed by atoms with Gasteiger partial charge in [-0.2, -0.15) is 0 Å². The molecule has 0 atom stereocenters. The Balaban J connectivity index is 2.07. The van der Waals surface area contributed by atoms with Gasteiger partial charge in [0.05, 0.1) is 16.3 Å². The first-order valence-corrected chi connectivity index (χ1v) is 7.05. The van der Waals surface area contributed by atoms with Gasteiger partial charge in [-0.1, -0.05) is 11.6 Å². The Kier molecular flexibility index (Phi) is 4.69. The number of nitrogens with one attached hydrogen (secondary N) is 1. The van der Waals surface area contributed by atoms with Crippen LogP contribution in [0.3, 0.4) is 0 Å². The van der Waals surface area contributed by atoms with Crippen LogP contribution in [0, 0.1) is 12.7 Å². The molecule has 0 aliphatic rings. The van der Waals surface area contributed by atoms with Crippen LogP contribution < -0.4 is 11.3 Å². The molecule has 1 heterocycles. The minimum absolute atomic E-state index is 0.0776. The number of nitrogen functional groups attached to an aromatic ring is 1. The van der Waals surface area contributed by atoms with Gasteiger partial charge in [-0.05, 0) is 31.2 Å². The molecule has 0 spiro atoms. The van der Waals surface area contributed by atoms with Gasteiger partial charge in [0.15, 0.2) is 0 Å². The number of rotatable bonds is 4. The molecule has 2 rings (SSSR count). The zero-order chi connectivity index (χ0) is 14.7. The van der Waals surface area contributed by atoms with Gasteiger partial charge < -0.3 is 4.42 Å². The van der Waals surface area contributed by atoms with Crippen LogP contribution in [0.15, 0.2) is 33.6 Å². The second-order valence-corrected chi connectivity index (χ2v) is 5.48. The molecule has 106 valence electrons. The zero-order valence-electron chi connectivity index (χ0n) is 10.6. The summed E-state index contributed by atoms with van der Waals surface area (Å²) in [6.45, 7) is 1.69. The molecule has 0 radical (unpaired) electrons. The van der Waals surface area contributed by atoms with Crippen molar-refractivity contribution < 1.29 is 13.6 Å². The second-order valence-electron chi connectivity index (χ2n) is 4.02. The molecule has 20 heavy (non-hydrogen) atoms. The highest BCUT2D eigenvalue weighted by molar-refractivity contribution is 7.98. The summed E-state index contributed by atoms with van der Waals surface area (Å²) >= 11 is 7.14. The van der Waals surface area contributed by atoms with Crippen LogP contribution in [0.4, 0.5) is 4.39 Å². The number of benzene rings is 1. The van der Waals surface area contributed by atoms with Crippen molar-refractivity contribution in [2.75, 3.05) is 0 Å². The third kappa shape index (κ3) is 3.33. The van der Waals surface area contributed by atoms with Gasteiger partial charge in [0.1, 0.15) is 17.3 Å². The molecule has 0 unspecified atom stereocenters. The average Bonchev–Trinajstić information content (AvgIpc) is 2.80. The Morgan fingerprint density at radius 3 is 2.90 bits per heavy atom. The number of amides is 1. The van der Waals surface area contributed by atoms with E-state index in [0.717, 1.165) is 4.90 Å². The number of thioether (sulfide) groups is 1. The third-order valence-corrected chi connectivity index (χ3v) is 3.92. The summed E-state index contributed by atoms with van der Waals surface area (Å²) < 4.78 is 18.5. The lowest BCUT2D eigenvalue weighted by Gasteiger charge is -2.00. The van der Waals surface area contributed by atoms with Crippen molar-refractivity contribution in [2.45, 2.75) is 17.6 Å². The summed E-state index contributed by atoms with van der Waals surface area (Å²) in [6.07, 6.45) is 0. The molecular weight excluding hydrogens is 303 g/mol. The second kappa shape index (κ2) is 6.30. The smallest absolute Gasteiger partial charge is 0.268 e. The summed E-state index contributed by atoms with van der Waals surface area (Å²) in [5.41, 5.74) is 2.46. The monoisotopic (exact) mass is 314 g/mol. The van der Waals surface area contributed by atoms with Gasteiger partial charge in [0.25, 0.3) is 5.91 Å². The predicted octanol–water partition coefficient (Wildman–Crippen LogP) is 3.28. The number of halogens is 2. The fourth-order valence-corrected chi connectivity index (χ4v) is 2.70. The molecule has 0 fully saturated rings. The maximum Gasteiger partial charge on any atom is 0.268 e. The number of hydrogen-bond donors (Lipinski definition) is 2. The van der Waals surface area contributed by atoms with E-state index in [4.69, 9.17) is 21.9 Å². The van der Waals surface area contributed by atoms with Crippen LogP contribution in [0.1, 0.15) is 21.9 Å². The van der Waals surface area contributed by atoms with E-state index in [-0.39, 0.29) is 5.02 Å². The first kappa shape index (κ1) is 14.9. The molecule has 1 aromatic heterocycles. The first-order chi connectivity index (χ1) is 9.51. The quantitative estimate of drug-likeness (QED) is 0.393. The Morgan fingerprint density at radius 1 is 1.50 bits per heavy atom. The van der Waals surface area contributed by atoms with E-state index in [1.54, 1.807) is 25.1 Å². The Hall–Kier alpha value is -1.50. The summed E-state index contributed by atoms with van der Waals surface area (Å²) in [5, 5.41) is 0.0776. The number of nitrogens with two attached hydrogens (primary N) is 1. The molecule has 3 N–H and O–H groups in total. The van der Waals surface area contributed by atoms with E-state index in [0.29, 0.717) is 22.8 Å². The fraction of sp³-hybridized carbons (Fsp3) is 0.154. The van der Waals surface area contributed by atoms with Gasteiger partial charge in [0.2, 0.25) is 0 Å². The normalized spacial score (nSPS) is 10.6. The van der Waals surface area contributed by atoms with Gasteiger partial charge in [-0.25, -0.2) is 10.2 Å². The number of carbonyl (C=O) groups is 1. The van der Waals surface area contributed by atoms with Crippen LogP contribution in [0.25, 0.3) is 0 Å². The average molecular weight is 315 g/mol. The lowest BCUT2D eigenvalue weighted by atomic mass is 10.2. The van der Waals surface area contributed by atoms with Gasteiger partial charge >= 0.3 is 0 Å². The minimum atomic E-state index is -0.452. The standard InChI is InChI=1S/C13H12ClFN2O2S/c1-7-10(13(18)17-16)4-8(19-7)6-20-9-2-3-12(15)11(14)5-9/h2-5H,6,16H2,1H3,(H,17,18). The van der Waals surface area contributed by atoms with Gasteiger partial charge in [-0.15, -0.1) is 11.8 Å². The van der Waals surface area contributed by atoms with E-state index < -0.39 is 11.7 Å². The number of hydrazine groups is 1. The highest BCUT2D eigenvalue weighted by Gasteiger charge is 2.14. The fourth-order valence-electron chi connectivity index (χ4n) is 1.64. The summed E-state index contributed by atoms with van der Waals surface area (Å²) in [4.78, 5) is 12.3. The molecule has 0 bridgehead atoms. The molecule has 1 aromatic carbocycles. The zero-order valence-corrected chi connectivity index (χ0v) is 12.1. The number of carbonyl (C=O) groups excluding carboxylic acids is 1. The first-order valence-electron chi connectivity index (χ1n) is 5.69. The minimum Gasteiger partial charge on any atom is -0.465 e. The molecular formula is C13H12ClFN2O2S. The van der Waals surface area contributed by atoms with Crippen LogP contribution >= 0.6 is 23.4 Å². The Bertz CT molecular complexity index is 645. The lowest BCUT2D eigenvalue weighted by Crippen LogP contribution is -2.30. The van der Waals surface area contributed by atoms with Gasteiger partial charge in [0, 0.05) is 4.90 Å². The highest BCUT2D eigenvalue weighted by Crippen LogP contribution is 2.28. The SMILES string of the molecule is Cc1oc(CSc2ccc(F)c(Cl)c2)cc1C(=O)NN.